The van der Waals surface area contributed by atoms with Crippen molar-refractivity contribution in [2.75, 3.05) is 29.0 Å². The minimum Gasteiger partial charge on any atom is -0.397 e. The summed E-state index contributed by atoms with van der Waals surface area (Å²) in [6, 6.07) is 5.30. The van der Waals surface area contributed by atoms with E-state index in [1.807, 2.05) is 19.2 Å². The van der Waals surface area contributed by atoms with E-state index in [0.29, 0.717) is 41.4 Å². The van der Waals surface area contributed by atoms with Crippen LogP contribution in [0.1, 0.15) is 37.2 Å². The van der Waals surface area contributed by atoms with Crippen LogP contribution in [0.15, 0.2) is 35.2 Å². The lowest BCUT2D eigenvalue weighted by molar-refractivity contribution is -0.106. The Morgan fingerprint density at radius 2 is 2.03 bits per heavy atom. The van der Waals surface area contributed by atoms with Crippen LogP contribution in [0.2, 0.25) is 13.1 Å². The summed E-state index contributed by atoms with van der Waals surface area (Å²) in [5.41, 5.74) is 7.88. The molecule has 1 saturated heterocycles. The number of carbonyl (C=O) groups excluding carboxylic acids is 1. The highest BCUT2D eigenvalue weighted by molar-refractivity contribution is 9.10. The first kappa shape index (κ1) is 25.8. The van der Waals surface area contributed by atoms with Crippen molar-refractivity contribution >= 4 is 58.4 Å². The Balaban J connectivity index is 1.81. The van der Waals surface area contributed by atoms with E-state index in [0.717, 1.165) is 31.6 Å². The van der Waals surface area contributed by atoms with E-state index in [1.165, 1.54) is 0 Å². The van der Waals surface area contributed by atoms with Crippen molar-refractivity contribution in [3.8, 4) is 0 Å². The highest BCUT2D eigenvalue weighted by atomic mass is 79.9. The first-order valence-electron chi connectivity index (χ1n) is 10.8. The third-order valence-corrected chi connectivity index (χ3v) is 7.37. The van der Waals surface area contributed by atoms with Gasteiger partial charge in [0.15, 0.2) is 5.69 Å². The molecule has 1 amide bonds. The second-order valence-corrected chi connectivity index (χ2v) is 10.6. The van der Waals surface area contributed by atoms with Gasteiger partial charge in [0.05, 0.1) is 23.3 Å². The monoisotopic (exact) mass is 547 g/mol. The maximum atomic E-state index is 12.9. The number of pyridine rings is 2. The minimum absolute atomic E-state index is 0.157. The van der Waals surface area contributed by atoms with E-state index < -0.39 is 0 Å². The largest absolute Gasteiger partial charge is 0.397 e. The molecule has 11 heteroatoms. The van der Waals surface area contributed by atoms with Crippen molar-refractivity contribution in [1.29, 1.82) is 0 Å². The maximum absolute atomic E-state index is 12.9. The van der Waals surface area contributed by atoms with E-state index in [9.17, 15) is 4.79 Å². The molecule has 1 unspecified atom stereocenters. The van der Waals surface area contributed by atoms with Crippen molar-refractivity contribution in [2.24, 2.45) is 11.3 Å². The second-order valence-electron chi connectivity index (χ2n) is 8.50. The normalized spacial score (nSPS) is 16.8. The Labute approximate surface area is 209 Å². The number of nitrogen functional groups attached to an aromatic ring is 1. The van der Waals surface area contributed by atoms with Crippen LogP contribution in [0.4, 0.5) is 17.1 Å². The molecule has 176 valence electrons. The molecule has 3 rings (SSSR count). The Morgan fingerprint density at radius 1 is 1.30 bits per heavy atom. The van der Waals surface area contributed by atoms with Crippen molar-refractivity contribution in [2.45, 2.75) is 46.1 Å². The molecule has 0 aromatic carbocycles. The summed E-state index contributed by atoms with van der Waals surface area (Å²) in [6.07, 6.45) is 5.31. The molecule has 0 aliphatic carbocycles. The number of rotatable bonds is 9. The van der Waals surface area contributed by atoms with Gasteiger partial charge < -0.3 is 24.8 Å². The molecule has 33 heavy (non-hydrogen) atoms. The zero-order valence-corrected chi connectivity index (χ0v) is 23.0. The van der Waals surface area contributed by atoms with Crippen LogP contribution < -0.4 is 16.0 Å². The van der Waals surface area contributed by atoms with Gasteiger partial charge in [-0.1, -0.05) is 13.8 Å². The summed E-state index contributed by atoms with van der Waals surface area (Å²) >= 11 is 3.30. The molecule has 1 aliphatic rings. The minimum atomic E-state index is -0.369. The van der Waals surface area contributed by atoms with Gasteiger partial charge in [0.1, 0.15) is 10.9 Å². The number of nitrogens with one attached hydrogen (secondary N) is 1. The molecule has 3 N–H and O–H groups in total. The van der Waals surface area contributed by atoms with E-state index in [-0.39, 0.29) is 23.3 Å². The van der Waals surface area contributed by atoms with Crippen LogP contribution in [-0.2, 0) is 8.85 Å². The fourth-order valence-corrected chi connectivity index (χ4v) is 5.64. The number of amides is 1. The van der Waals surface area contributed by atoms with Crippen molar-refractivity contribution < 1.29 is 13.6 Å². The third kappa shape index (κ3) is 6.21. The number of nitrogens with zero attached hydrogens (tertiary/aromatic N) is 3. The van der Waals surface area contributed by atoms with Gasteiger partial charge in [-0.15, -0.1) is 0 Å². The summed E-state index contributed by atoms with van der Waals surface area (Å²) < 4.78 is 12.5. The third-order valence-electron chi connectivity index (χ3n) is 6.03. The van der Waals surface area contributed by atoms with Gasteiger partial charge in [0.2, 0.25) is 19.5 Å². The molecule has 3 heterocycles. The van der Waals surface area contributed by atoms with Gasteiger partial charge in [-0.25, -0.2) is 4.98 Å². The smallest absolute Gasteiger partial charge is 0.276 e. The van der Waals surface area contributed by atoms with Crippen molar-refractivity contribution in [3.63, 3.8) is 0 Å². The Bertz CT molecular complexity index is 959. The van der Waals surface area contributed by atoms with Gasteiger partial charge in [-0.2, -0.15) is 0 Å². The van der Waals surface area contributed by atoms with Crippen LogP contribution in [-0.4, -0.2) is 54.8 Å². The second kappa shape index (κ2) is 11.6. The molecule has 0 bridgehead atoms. The molecular weight excluding hydrogens is 518 g/mol. The van der Waals surface area contributed by atoms with E-state index in [2.05, 4.69) is 50.0 Å². The number of aromatic nitrogens is 2. The molecule has 2 aromatic heterocycles. The number of hydrogen-bond donors (Lipinski definition) is 2. The number of halogens is 1. The Morgan fingerprint density at radius 3 is 2.73 bits per heavy atom. The van der Waals surface area contributed by atoms with E-state index in [1.54, 1.807) is 24.5 Å². The fraction of sp³-hybridized carbons (Fsp3) is 0.500. The lowest BCUT2D eigenvalue weighted by Gasteiger charge is -2.46. The predicted molar refractivity (Wildman–Crippen MR) is 136 cm³/mol. The first-order chi connectivity index (χ1) is 15.8. The highest BCUT2D eigenvalue weighted by Gasteiger charge is 2.40. The van der Waals surface area contributed by atoms with Crippen LogP contribution in [0.3, 0.4) is 0 Å². The van der Waals surface area contributed by atoms with E-state index >= 15 is 0 Å². The van der Waals surface area contributed by atoms with Gasteiger partial charge in [-0.3, -0.25) is 9.78 Å². The van der Waals surface area contributed by atoms with E-state index in [4.69, 9.17) is 14.6 Å². The average molecular weight is 549 g/mol. The molecule has 4 radical (unpaired) electrons. The van der Waals surface area contributed by atoms with Crippen LogP contribution in [0, 0.1) is 11.3 Å². The lowest BCUT2D eigenvalue weighted by atomic mass is 9.74. The molecule has 0 saturated carbocycles. The van der Waals surface area contributed by atoms with Gasteiger partial charge >= 0.3 is 0 Å². The van der Waals surface area contributed by atoms with Crippen LogP contribution in [0.25, 0.3) is 0 Å². The van der Waals surface area contributed by atoms with Crippen molar-refractivity contribution in [1.82, 2.24) is 9.97 Å². The quantitative estimate of drug-likeness (QED) is 0.277. The number of hydrogen-bond acceptors (Lipinski definition) is 7. The SMILES string of the molecule is C[Si]OC(O[Si]C)C(C)(C)C1CCCN(c2ccncc2NC(=O)c2nc(Br)ccc2N)C1. The number of anilines is 3. The molecule has 1 atom stereocenters. The predicted octanol–water partition coefficient (Wildman–Crippen LogP) is 4.01. The van der Waals surface area contributed by atoms with Crippen molar-refractivity contribution in [3.05, 3.63) is 40.9 Å². The number of nitrogens with two attached hydrogens (primary N) is 1. The zero-order chi connectivity index (χ0) is 24.0. The summed E-state index contributed by atoms with van der Waals surface area (Å²) in [5, 5.41) is 2.96. The summed E-state index contributed by atoms with van der Waals surface area (Å²) in [7, 11) is 0.744. The molecule has 1 fully saturated rings. The molecule has 8 nitrogen and oxygen atoms in total. The van der Waals surface area contributed by atoms with Gasteiger partial charge in [-0.05, 0) is 66.0 Å². The standard InChI is InChI=1S/C22H30BrN5O3Si2/c1-22(2,21(30-32-3)31-33-4)14-6-5-11-28(13-14)17-9-10-25-12-16(17)26-20(29)19-15(24)7-8-18(23)27-19/h7-10,12,14,21H,5-6,11,13,24H2,1-4H3,(H,26,29). The zero-order valence-electron chi connectivity index (χ0n) is 19.4. The Hall–Kier alpha value is -1.80. The summed E-state index contributed by atoms with van der Waals surface area (Å²) in [4.78, 5) is 23.7. The Kier molecular flexibility index (Phi) is 9.05. The lowest BCUT2D eigenvalue weighted by Crippen LogP contribution is -2.48. The molecule has 2 aromatic rings. The number of carbonyl (C=O) groups is 1. The maximum Gasteiger partial charge on any atom is 0.276 e. The summed E-state index contributed by atoms with van der Waals surface area (Å²) in [6.45, 7) is 10.2. The van der Waals surface area contributed by atoms with Crippen LogP contribution in [0.5, 0.6) is 0 Å². The van der Waals surface area contributed by atoms with Gasteiger partial charge in [0, 0.05) is 24.7 Å². The first-order valence-corrected chi connectivity index (χ1v) is 14.5. The average Bonchev–Trinajstić information content (AvgIpc) is 2.81. The molecule has 0 spiro atoms. The summed E-state index contributed by atoms with van der Waals surface area (Å²) in [5.74, 6) is -0.00487. The highest BCUT2D eigenvalue weighted by Crippen LogP contribution is 2.40. The molecule has 1 aliphatic heterocycles. The van der Waals surface area contributed by atoms with Crippen LogP contribution >= 0.6 is 15.9 Å². The topological polar surface area (TPSA) is 103 Å². The molecular formula is C22H30BrN5O3Si2. The number of piperidine rings is 1. The fourth-order valence-electron chi connectivity index (χ4n) is 4.11. The van der Waals surface area contributed by atoms with Gasteiger partial charge in [0.25, 0.3) is 5.91 Å².